The van der Waals surface area contributed by atoms with Crippen LogP contribution in [0.4, 0.5) is 5.69 Å². The van der Waals surface area contributed by atoms with Gasteiger partial charge in [0, 0.05) is 27.7 Å². The Morgan fingerprint density at radius 3 is 2.12 bits per heavy atom. The predicted octanol–water partition coefficient (Wildman–Crippen LogP) is 2.16. The molecule has 0 spiro atoms. The number of hydrogen-bond donors (Lipinski definition) is 1. The molecule has 2 amide bonds. The van der Waals surface area contributed by atoms with Gasteiger partial charge in [-0.3, -0.25) is 9.59 Å². The molecular formula is C23H32N4O4S. The van der Waals surface area contributed by atoms with Crippen LogP contribution in [0.15, 0.2) is 54.6 Å². The van der Waals surface area contributed by atoms with Crippen molar-refractivity contribution in [1.29, 1.82) is 0 Å². The van der Waals surface area contributed by atoms with E-state index in [0.29, 0.717) is 12.1 Å². The van der Waals surface area contributed by atoms with Crippen LogP contribution < -0.4 is 9.62 Å². The highest BCUT2D eigenvalue weighted by Crippen LogP contribution is 2.21. The summed E-state index contributed by atoms with van der Waals surface area (Å²) in [7, 11) is 0.415. The largest absolute Gasteiger partial charge is 0.357 e. The molecular weight excluding hydrogens is 428 g/mol. The van der Waals surface area contributed by atoms with E-state index >= 15 is 0 Å². The summed E-state index contributed by atoms with van der Waals surface area (Å²) in [6, 6.07) is 15.3. The Labute approximate surface area is 191 Å². The molecule has 2 aromatic rings. The first-order valence-corrected chi connectivity index (χ1v) is 11.8. The van der Waals surface area contributed by atoms with Crippen LogP contribution in [0.3, 0.4) is 0 Å². The molecule has 174 valence electrons. The Bertz CT molecular complexity index is 1030. The van der Waals surface area contributed by atoms with Gasteiger partial charge in [0.2, 0.25) is 11.8 Å². The van der Waals surface area contributed by atoms with Crippen molar-refractivity contribution < 1.29 is 18.0 Å². The van der Waals surface area contributed by atoms with Gasteiger partial charge in [0.1, 0.15) is 12.6 Å². The van der Waals surface area contributed by atoms with Gasteiger partial charge in [0.05, 0.1) is 5.69 Å². The lowest BCUT2D eigenvalue weighted by Crippen LogP contribution is -2.53. The summed E-state index contributed by atoms with van der Waals surface area (Å²) in [5, 5.41) is 2.61. The summed E-state index contributed by atoms with van der Waals surface area (Å²) in [5.74, 6) is -0.755. The van der Waals surface area contributed by atoms with Crippen LogP contribution >= 0.6 is 0 Å². The summed E-state index contributed by atoms with van der Waals surface area (Å²) in [6.45, 7) is 3.53. The average Bonchev–Trinajstić information content (AvgIpc) is 2.78. The Hall–Kier alpha value is -2.91. The average molecular weight is 461 g/mol. The summed E-state index contributed by atoms with van der Waals surface area (Å²) in [5.41, 5.74) is 2.25. The molecule has 8 nitrogen and oxygen atoms in total. The number of amides is 2. The zero-order valence-electron chi connectivity index (χ0n) is 19.3. The summed E-state index contributed by atoms with van der Waals surface area (Å²) in [4.78, 5) is 27.6. The van der Waals surface area contributed by atoms with E-state index < -0.39 is 28.7 Å². The normalized spacial score (nSPS) is 12.3. The van der Waals surface area contributed by atoms with Crippen LogP contribution in [-0.2, 0) is 26.3 Å². The second-order valence-electron chi connectivity index (χ2n) is 7.62. The first kappa shape index (κ1) is 25.4. The fraction of sp³-hybridized carbons (Fsp3) is 0.391. The molecule has 2 aromatic carbocycles. The highest BCUT2D eigenvalue weighted by molar-refractivity contribution is 7.90. The number of para-hydroxylation sites is 1. The minimum absolute atomic E-state index is 0.197. The van der Waals surface area contributed by atoms with Crippen molar-refractivity contribution in [3.05, 3.63) is 65.7 Å². The minimum Gasteiger partial charge on any atom is -0.357 e. The van der Waals surface area contributed by atoms with Gasteiger partial charge in [-0.05, 0) is 36.6 Å². The number of benzene rings is 2. The van der Waals surface area contributed by atoms with E-state index in [-0.39, 0.29) is 12.5 Å². The molecule has 0 aliphatic heterocycles. The Kier molecular flexibility index (Phi) is 8.80. The highest BCUT2D eigenvalue weighted by atomic mass is 32.2. The van der Waals surface area contributed by atoms with E-state index in [9.17, 15) is 18.0 Å². The van der Waals surface area contributed by atoms with E-state index in [4.69, 9.17) is 0 Å². The molecule has 0 fully saturated rings. The number of nitrogens with one attached hydrogen (secondary N) is 1. The fourth-order valence-electron chi connectivity index (χ4n) is 3.37. The maximum absolute atomic E-state index is 13.6. The quantitative estimate of drug-likeness (QED) is 0.588. The van der Waals surface area contributed by atoms with Crippen LogP contribution in [-0.4, -0.2) is 63.2 Å². The third-order valence-corrected chi connectivity index (χ3v) is 7.12. The van der Waals surface area contributed by atoms with Crippen LogP contribution in [0.1, 0.15) is 24.5 Å². The fourth-order valence-corrected chi connectivity index (χ4v) is 4.42. The standard InChI is InChI=1S/C23H32N4O4S/c1-6-21(23(29)24-3)26(16-19-13-11-10-12-18(19)2)22(28)17-27(32(30,31)25(4)5)20-14-8-7-9-15-20/h7-15,21H,6,16-17H2,1-5H3,(H,24,29)/t21-/m0/s1. The third-order valence-electron chi connectivity index (χ3n) is 5.30. The molecule has 0 radical (unpaired) electrons. The van der Waals surface area contributed by atoms with Crippen LogP contribution in [0.2, 0.25) is 0 Å². The SMILES string of the molecule is CC[C@@H](C(=O)NC)N(Cc1ccccc1C)C(=O)CN(c1ccccc1)S(=O)(=O)N(C)C. The molecule has 0 aliphatic carbocycles. The predicted molar refractivity (Wildman–Crippen MR) is 126 cm³/mol. The Morgan fingerprint density at radius 2 is 1.59 bits per heavy atom. The Morgan fingerprint density at radius 1 is 1.00 bits per heavy atom. The lowest BCUT2D eigenvalue weighted by molar-refractivity contribution is -0.140. The van der Waals surface area contributed by atoms with E-state index in [1.807, 2.05) is 38.1 Å². The lowest BCUT2D eigenvalue weighted by atomic mass is 10.1. The number of aryl methyl sites for hydroxylation is 1. The van der Waals surface area contributed by atoms with Gasteiger partial charge >= 0.3 is 10.2 Å². The van der Waals surface area contributed by atoms with E-state index in [1.54, 1.807) is 30.3 Å². The number of rotatable bonds is 10. The van der Waals surface area contributed by atoms with Crippen molar-refractivity contribution >= 4 is 27.7 Å². The van der Waals surface area contributed by atoms with E-state index in [2.05, 4.69) is 5.32 Å². The molecule has 32 heavy (non-hydrogen) atoms. The third kappa shape index (κ3) is 5.86. The number of hydrogen-bond acceptors (Lipinski definition) is 4. The molecule has 1 atom stereocenters. The van der Waals surface area contributed by atoms with Crippen molar-refractivity contribution in [2.75, 3.05) is 32.0 Å². The van der Waals surface area contributed by atoms with Crippen molar-refractivity contribution in [2.45, 2.75) is 32.9 Å². The molecule has 0 heterocycles. The molecule has 0 unspecified atom stereocenters. The van der Waals surface area contributed by atoms with Gasteiger partial charge in [-0.15, -0.1) is 0 Å². The number of likely N-dealkylation sites (N-methyl/N-ethyl adjacent to an activating group) is 1. The van der Waals surface area contributed by atoms with Gasteiger partial charge in [-0.25, -0.2) is 4.31 Å². The highest BCUT2D eigenvalue weighted by Gasteiger charge is 2.33. The summed E-state index contributed by atoms with van der Waals surface area (Å²) < 4.78 is 28.2. The number of carbonyl (C=O) groups excluding carboxylic acids is 2. The van der Waals surface area contributed by atoms with Crippen LogP contribution in [0, 0.1) is 6.92 Å². The van der Waals surface area contributed by atoms with E-state index in [0.717, 1.165) is 19.7 Å². The second-order valence-corrected chi connectivity index (χ2v) is 9.69. The first-order valence-electron chi connectivity index (χ1n) is 10.4. The van der Waals surface area contributed by atoms with Crippen molar-refractivity contribution in [3.63, 3.8) is 0 Å². The number of nitrogens with zero attached hydrogens (tertiary/aromatic N) is 3. The van der Waals surface area contributed by atoms with Crippen LogP contribution in [0.25, 0.3) is 0 Å². The van der Waals surface area contributed by atoms with Crippen LogP contribution in [0.5, 0.6) is 0 Å². The van der Waals surface area contributed by atoms with Crippen molar-refractivity contribution in [3.8, 4) is 0 Å². The molecule has 0 aromatic heterocycles. The number of carbonyl (C=O) groups is 2. The van der Waals surface area contributed by atoms with Gasteiger partial charge in [0.15, 0.2) is 0 Å². The molecule has 1 N–H and O–H groups in total. The van der Waals surface area contributed by atoms with Gasteiger partial charge in [-0.1, -0.05) is 49.4 Å². The monoisotopic (exact) mass is 460 g/mol. The summed E-state index contributed by atoms with van der Waals surface area (Å²) in [6.07, 6.45) is 0.392. The summed E-state index contributed by atoms with van der Waals surface area (Å²) >= 11 is 0. The molecule has 2 rings (SSSR count). The minimum atomic E-state index is -3.94. The maximum atomic E-state index is 13.6. The maximum Gasteiger partial charge on any atom is 0.304 e. The molecule has 0 saturated heterocycles. The topological polar surface area (TPSA) is 90.0 Å². The zero-order chi connectivity index (χ0) is 23.9. The zero-order valence-corrected chi connectivity index (χ0v) is 20.1. The van der Waals surface area contributed by atoms with Crippen molar-refractivity contribution in [2.24, 2.45) is 0 Å². The molecule has 0 saturated carbocycles. The molecule has 0 bridgehead atoms. The van der Waals surface area contributed by atoms with Crippen molar-refractivity contribution in [1.82, 2.24) is 14.5 Å². The Balaban J connectivity index is 2.48. The van der Waals surface area contributed by atoms with Gasteiger partial charge < -0.3 is 10.2 Å². The smallest absolute Gasteiger partial charge is 0.304 e. The lowest BCUT2D eigenvalue weighted by Gasteiger charge is -2.34. The van der Waals surface area contributed by atoms with E-state index in [1.165, 1.54) is 26.0 Å². The second kappa shape index (κ2) is 11.1. The number of anilines is 1. The first-order chi connectivity index (χ1) is 15.1. The molecule has 0 aliphatic rings. The molecule has 9 heteroatoms. The van der Waals surface area contributed by atoms with Gasteiger partial charge in [0.25, 0.3) is 0 Å². The van der Waals surface area contributed by atoms with Gasteiger partial charge in [-0.2, -0.15) is 12.7 Å².